The summed E-state index contributed by atoms with van der Waals surface area (Å²) in [6.07, 6.45) is 52.0. The number of esters is 3. The Balaban J connectivity index is 4.43. The van der Waals surface area contributed by atoms with Crippen molar-refractivity contribution in [1.82, 2.24) is 0 Å². The maximum absolute atomic E-state index is 12.7. The number of unbranched alkanes of at least 4 members (excludes halogenated alkanes) is 21. The average Bonchev–Trinajstić information content (AvgIpc) is 3.18. The molecule has 1 unspecified atom stereocenters. The van der Waals surface area contributed by atoms with E-state index in [9.17, 15) is 14.4 Å². The molecule has 0 aromatic carbocycles. The van der Waals surface area contributed by atoms with Crippen molar-refractivity contribution in [2.45, 2.75) is 219 Å². The van der Waals surface area contributed by atoms with Gasteiger partial charge in [-0.25, -0.2) is 0 Å². The predicted octanol–water partition coefficient (Wildman–Crippen LogP) is 14.5. The molecule has 0 radical (unpaired) electrons. The lowest BCUT2D eigenvalue weighted by molar-refractivity contribution is -0.167. The van der Waals surface area contributed by atoms with Crippen molar-refractivity contribution >= 4 is 17.9 Å². The highest BCUT2D eigenvalue weighted by Crippen LogP contribution is 2.13. The number of hydrogen-bond acceptors (Lipinski definition) is 6. The summed E-state index contributed by atoms with van der Waals surface area (Å²) in [4.78, 5) is 37.7. The molecule has 1 atom stereocenters. The summed E-state index contributed by atoms with van der Waals surface area (Å²) in [6.45, 7) is 6.45. The largest absolute Gasteiger partial charge is 0.462 e. The summed E-state index contributed by atoms with van der Waals surface area (Å²) >= 11 is 0. The lowest BCUT2D eigenvalue weighted by Crippen LogP contribution is -2.30. The molecule has 0 aliphatic carbocycles. The van der Waals surface area contributed by atoms with E-state index in [-0.39, 0.29) is 37.5 Å². The maximum atomic E-state index is 12.7. The molecule has 0 bridgehead atoms. The van der Waals surface area contributed by atoms with Crippen LogP contribution in [0.2, 0.25) is 0 Å². The van der Waals surface area contributed by atoms with Crippen molar-refractivity contribution in [2.75, 3.05) is 13.2 Å². The summed E-state index contributed by atoms with van der Waals surface area (Å²) in [5, 5.41) is 0. The average molecular weight is 769 g/mol. The van der Waals surface area contributed by atoms with Gasteiger partial charge in [-0.2, -0.15) is 0 Å². The van der Waals surface area contributed by atoms with Crippen LogP contribution in [-0.2, 0) is 28.6 Å². The fourth-order valence-electron chi connectivity index (χ4n) is 5.98. The molecule has 0 saturated heterocycles. The third-order valence-corrected chi connectivity index (χ3v) is 9.52. The lowest BCUT2D eigenvalue weighted by Gasteiger charge is -2.18. The van der Waals surface area contributed by atoms with Gasteiger partial charge < -0.3 is 14.2 Å². The van der Waals surface area contributed by atoms with Crippen LogP contribution < -0.4 is 0 Å². The molecule has 0 saturated carbocycles. The van der Waals surface area contributed by atoms with E-state index < -0.39 is 6.10 Å². The molecule has 6 heteroatoms. The van der Waals surface area contributed by atoms with E-state index in [4.69, 9.17) is 14.2 Å². The molecule has 0 aliphatic heterocycles. The molecule has 0 aliphatic rings. The molecule has 316 valence electrons. The monoisotopic (exact) mass is 769 g/mol. The first-order valence-corrected chi connectivity index (χ1v) is 22.8. The van der Waals surface area contributed by atoms with Crippen LogP contribution in [0.15, 0.2) is 60.8 Å². The molecule has 0 fully saturated rings. The molecular weight excluding hydrogens is 685 g/mol. The molecule has 0 aromatic rings. The second-order valence-electron chi connectivity index (χ2n) is 15.0. The lowest BCUT2D eigenvalue weighted by atomic mass is 10.1. The Kier molecular flexibility index (Phi) is 41.5. The van der Waals surface area contributed by atoms with Crippen molar-refractivity contribution in [2.24, 2.45) is 0 Å². The second kappa shape index (κ2) is 43.8. The van der Waals surface area contributed by atoms with Gasteiger partial charge in [0, 0.05) is 19.3 Å². The predicted molar refractivity (Wildman–Crippen MR) is 233 cm³/mol. The van der Waals surface area contributed by atoms with Crippen LogP contribution >= 0.6 is 0 Å². The Morgan fingerprint density at radius 1 is 0.364 bits per heavy atom. The van der Waals surface area contributed by atoms with Crippen molar-refractivity contribution in [3.05, 3.63) is 60.8 Å². The van der Waals surface area contributed by atoms with Gasteiger partial charge >= 0.3 is 17.9 Å². The Bertz CT molecular complexity index is 1020. The zero-order chi connectivity index (χ0) is 40.1. The Morgan fingerprint density at radius 2 is 0.673 bits per heavy atom. The highest BCUT2D eigenvalue weighted by atomic mass is 16.6. The number of allylic oxidation sites excluding steroid dienone is 10. The number of carbonyl (C=O) groups is 3. The van der Waals surface area contributed by atoms with Gasteiger partial charge in [0.2, 0.25) is 0 Å². The fourth-order valence-corrected chi connectivity index (χ4v) is 5.98. The Morgan fingerprint density at radius 3 is 1.09 bits per heavy atom. The van der Waals surface area contributed by atoms with Gasteiger partial charge in [-0.15, -0.1) is 0 Å². The third-order valence-electron chi connectivity index (χ3n) is 9.52. The highest BCUT2D eigenvalue weighted by Gasteiger charge is 2.19. The van der Waals surface area contributed by atoms with Gasteiger partial charge in [-0.1, -0.05) is 171 Å². The van der Waals surface area contributed by atoms with Crippen molar-refractivity contribution < 1.29 is 28.6 Å². The van der Waals surface area contributed by atoms with E-state index in [2.05, 4.69) is 81.5 Å². The van der Waals surface area contributed by atoms with Gasteiger partial charge in [-0.05, 0) is 83.5 Å². The molecule has 0 spiro atoms. The standard InChI is InChI=1S/C49H84O6/c1-4-7-10-13-16-19-22-23-24-25-28-30-33-36-39-42-48(51)54-45-46(55-49(52)43-40-37-34-31-27-21-18-15-12-9-6-3)44-53-47(50)41-38-35-32-29-26-20-17-14-11-8-5-2/h14-15,17-22,26-27,46H,4-13,16,23-25,28-45H2,1-3H3/b17-14-,18-15-,22-19-,26-20-,27-21-. The zero-order valence-electron chi connectivity index (χ0n) is 35.9. The Labute approximate surface area is 339 Å². The van der Waals surface area contributed by atoms with Crippen molar-refractivity contribution in [3.63, 3.8) is 0 Å². The quantitative estimate of drug-likeness (QED) is 0.0203. The molecular formula is C49H84O6. The summed E-state index contributed by atoms with van der Waals surface area (Å²) in [6, 6.07) is 0. The maximum Gasteiger partial charge on any atom is 0.306 e. The van der Waals surface area contributed by atoms with E-state index in [0.29, 0.717) is 12.8 Å². The number of carbonyl (C=O) groups excluding carboxylic acids is 3. The Hall–Kier alpha value is -2.89. The van der Waals surface area contributed by atoms with Crippen LogP contribution in [0.3, 0.4) is 0 Å². The van der Waals surface area contributed by atoms with Crippen LogP contribution in [0.1, 0.15) is 213 Å². The van der Waals surface area contributed by atoms with Gasteiger partial charge in [0.25, 0.3) is 0 Å². The van der Waals surface area contributed by atoms with Gasteiger partial charge in [0.15, 0.2) is 6.10 Å². The topological polar surface area (TPSA) is 78.9 Å². The first kappa shape index (κ1) is 52.1. The SMILES string of the molecule is CCCC/C=C\C=C/CCCCCC(=O)OCC(COC(=O)CCCCCCCCC/C=C\CCCCCC)OC(=O)CCCCC/C=C\C=C/CCCC. The van der Waals surface area contributed by atoms with Gasteiger partial charge in [0.05, 0.1) is 0 Å². The van der Waals surface area contributed by atoms with Crippen LogP contribution in [0, 0.1) is 0 Å². The zero-order valence-corrected chi connectivity index (χ0v) is 35.9. The molecule has 0 aromatic heterocycles. The highest BCUT2D eigenvalue weighted by molar-refractivity contribution is 5.71. The van der Waals surface area contributed by atoms with Gasteiger partial charge in [0.1, 0.15) is 13.2 Å². The molecule has 0 heterocycles. The first-order chi connectivity index (χ1) is 27.0. The van der Waals surface area contributed by atoms with Crippen LogP contribution in [0.25, 0.3) is 0 Å². The third kappa shape index (κ3) is 42.1. The van der Waals surface area contributed by atoms with Crippen molar-refractivity contribution in [1.29, 1.82) is 0 Å². The summed E-state index contributed by atoms with van der Waals surface area (Å²) in [5.41, 5.74) is 0. The number of hydrogen-bond donors (Lipinski definition) is 0. The normalized spacial score (nSPS) is 12.6. The van der Waals surface area contributed by atoms with E-state index in [1.807, 2.05) is 0 Å². The van der Waals surface area contributed by atoms with Crippen LogP contribution in [-0.4, -0.2) is 37.2 Å². The van der Waals surface area contributed by atoms with E-state index in [1.165, 1.54) is 89.9 Å². The number of ether oxygens (including phenoxy) is 3. The minimum Gasteiger partial charge on any atom is -0.462 e. The molecule has 6 nitrogen and oxygen atoms in total. The molecule has 0 amide bonds. The molecule has 55 heavy (non-hydrogen) atoms. The number of rotatable bonds is 40. The van der Waals surface area contributed by atoms with E-state index >= 15 is 0 Å². The second-order valence-corrected chi connectivity index (χ2v) is 15.0. The molecule has 0 rings (SSSR count). The fraction of sp³-hybridized carbons (Fsp3) is 0.735. The minimum absolute atomic E-state index is 0.0964. The molecule has 0 N–H and O–H groups in total. The van der Waals surface area contributed by atoms with Crippen LogP contribution in [0.4, 0.5) is 0 Å². The summed E-state index contributed by atoms with van der Waals surface area (Å²) < 4.78 is 16.6. The van der Waals surface area contributed by atoms with Gasteiger partial charge in [-0.3, -0.25) is 14.4 Å². The first-order valence-electron chi connectivity index (χ1n) is 22.8. The smallest absolute Gasteiger partial charge is 0.306 e. The summed E-state index contributed by atoms with van der Waals surface area (Å²) in [7, 11) is 0. The van der Waals surface area contributed by atoms with Crippen molar-refractivity contribution in [3.8, 4) is 0 Å². The minimum atomic E-state index is -0.797. The van der Waals surface area contributed by atoms with E-state index in [0.717, 1.165) is 83.5 Å². The van der Waals surface area contributed by atoms with E-state index in [1.54, 1.807) is 0 Å². The summed E-state index contributed by atoms with van der Waals surface area (Å²) in [5.74, 6) is -0.963. The van der Waals surface area contributed by atoms with Crippen LogP contribution in [0.5, 0.6) is 0 Å².